The number of aromatic amines is 1. The molecule has 3 nitrogen and oxygen atoms in total. The van der Waals surface area contributed by atoms with Crippen molar-refractivity contribution in [2.45, 2.75) is 25.8 Å². The van der Waals surface area contributed by atoms with Gasteiger partial charge in [0.25, 0.3) is 0 Å². The highest BCUT2D eigenvalue weighted by atomic mass is 32.2. The fraction of sp³-hybridized carbons (Fsp3) is 0.500. The van der Waals surface area contributed by atoms with Gasteiger partial charge in [-0.1, -0.05) is 6.92 Å². The zero-order chi connectivity index (χ0) is 9.14. The number of hydrogen-bond donors (Lipinski definition) is 1. The van der Waals surface area contributed by atoms with Crippen LogP contribution < -0.4 is 5.69 Å². The predicted molar refractivity (Wildman–Crippen MR) is 50.7 cm³/mol. The molecule has 0 aromatic carbocycles. The van der Waals surface area contributed by atoms with Crippen molar-refractivity contribution in [3.63, 3.8) is 0 Å². The van der Waals surface area contributed by atoms with Crippen molar-refractivity contribution in [2.24, 2.45) is 0 Å². The molecule has 0 saturated carbocycles. The molecule has 1 heterocycles. The summed E-state index contributed by atoms with van der Waals surface area (Å²) in [4.78, 5) is 17.5. The topological polar surface area (TPSA) is 45.8 Å². The fourth-order valence-corrected chi connectivity index (χ4v) is 1.69. The molecule has 0 aliphatic carbocycles. The molecule has 1 N–H and O–H groups in total. The summed E-state index contributed by atoms with van der Waals surface area (Å²) in [6.45, 7) is 5.90. The Hall–Kier alpha value is -0.770. The molecule has 4 heteroatoms. The van der Waals surface area contributed by atoms with Crippen LogP contribution in [-0.4, -0.2) is 15.7 Å². The van der Waals surface area contributed by atoms with Crippen molar-refractivity contribution in [1.82, 2.24) is 9.97 Å². The molecular formula is C8H12N2OS. The molecule has 0 aliphatic rings. The summed E-state index contributed by atoms with van der Waals surface area (Å²) in [5, 5.41) is 0.846. The van der Waals surface area contributed by atoms with Gasteiger partial charge in [0, 0.05) is 11.3 Å². The Bertz CT molecular complexity index is 332. The quantitative estimate of drug-likeness (QED) is 0.559. The minimum atomic E-state index is -0.256. The Kier molecular flexibility index (Phi) is 2.92. The molecule has 0 unspecified atom stereocenters. The first kappa shape index (κ1) is 9.32. The van der Waals surface area contributed by atoms with Crippen molar-refractivity contribution >= 4 is 11.8 Å². The van der Waals surface area contributed by atoms with E-state index < -0.39 is 0 Å². The highest BCUT2D eigenvalue weighted by Gasteiger charge is 2.03. The van der Waals surface area contributed by atoms with E-state index in [0.29, 0.717) is 0 Å². The predicted octanol–water partition coefficient (Wildman–Crippen LogP) is 1.50. The second-order valence-electron chi connectivity index (χ2n) is 2.53. The molecule has 0 saturated heterocycles. The summed E-state index contributed by atoms with van der Waals surface area (Å²) in [5.41, 5.74) is 1.72. The molecule has 0 atom stereocenters. The Morgan fingerprint density at radius 1 is 1.50 bits per heavy atom. The summed E-state index contributed by atoms with van der Waals surface area (Å²) in [6, 6.07) is 0. The smallest absolute Gasteiger partial charge is 0.310 e. The Balaban J connectivity index is 3.18. The van der Waals surface area contributed by atoms with Gasteiger partial charge in [0.1, 0.15) is 5.03 Å². The SMILES string of the molecule is CCSc1nc(=O)[nH]c(C)c1C. The summed E-state index contributed by atoms with van der Waals surface area (Å²) in [7, 11) is 0. The van der Waals surface area contributed by atoms with E-state index in [1.165, 1.54) is 0 Å². The largest absolute Gasteiger partial charge is 0.346 e. The van der Waals surface area contributed by atoms with E-state index in [1.807, 2.05) is 20.8 Å². The number of nitrogens with one attached hydrogen (secondary N) is 1. The monoisotopic (exact) mass is 184 g/mol. The molecule has 12 heavy (non-hydrogen) atoms. The molecule has 0 bridgehead atoms. The molecule has 1 aromatic heterocycles. The average Bonchev–Trinajstić information content (AvgIpc) is 2.00. The number of aromatic nitrogens is 2. The number of H-pyrrole nitrogens is 1. The first-order valence-electron chi connectivity index (χ1n) is 3.85. The van der Waals surface area contributed by atoms with Gasteiger partial charge >= 0.3 is 5.69 Å². The van der Waals surface area contributed by atoms with Gasteiger partial charge in [-0.05, 0) is 19.6 Å². The molecule has 0 aliphatic heterocycles. The number of nitrogens with zero attached hydrogens (tertiary/aromatic N) is 1. The lowest BCUT2D eigenvalue weighted by Gasteiger charge is -2.03. The van der Waals surface area contributed by atoms with Crippen molar-refractivity contribution in [3.05, 3.63) is 21.7 Å². The second kappa shape index (κ2) is 3.76. The summed E-state index contributed by atoms with van der Waals surface area (Å²) in [6.07, 6.45) is 0. The van der Waals surface area contributed by atoms with Crippen LogP contribution in [0.1, 0.15) is 18.2 Å². The number of aryl methyl sites for hydroxylation is 1. The molecular weight excluding hydrogens is 172 g/mol. The van der Waals surface area contributed by atoms with Gasteiger partial charge in [-0.25, -0.2) is 4.79 Å². The van der Waals surface area contributed by atoms with Crippen LogP contribution in [0.3, 0.4) is 0 Å². The molecule has 0 amide bonds. The maximum absolute atomic E-state index is 11.0. The minimum Gasteiger partial charge on any atom is -0.310 e. The van der Waals surface area contributed by atoms with Gasteiger partial charge in [-0.2, -0.15) is 4.98 Å². The van der Waals surface area contributed by atoms with Crippen LogP contribution in [0.15, 0.2) is 9.82 Å². The van der Waals surface area contributed by atoms with Crippen molar-refractivity contribution in [1.29, 1.82) is 0 Å². The third-order valence-corrected chi connectivity index (χ3v) is 2.62. The number of hydrogen-bond acceptors (Lipinski definition) is 3. The number of thioether (sulfide) groups is 1. The zero-order valence-electron chi connectivity index (χ0n) is 7.47. The maximum atomic E-state index is 11.0. The lowest BCUT2D eigenvalue weighted by molar-refractivity contribution is 0.911. The van der Waals surface area contributed by atoms with E-state index >= 15 is 0 Å². The van der Waals surface area contributed by atoms with Gasteiger partial charge in [0.15, 0.2) is 0 Å². The second-order valence-corrected chi connectivity index (χ2v) is 3.78. The van der Waals surface area contributed by atoms with Crippen LogP contribution in [0.5, 0.6) is 0 Å². The van der Waals surface area contributed by atoms with Gasteiger partial charge in [0.2, 0.25) is 0 Å². The van der Waals surface area contributed by atoms with Gasteiger partial charge in [-0.15, -0.1) is 11.8 Å². The van der Waals surface area contributed by atoms with Crippen molar-refractivity contribution in [3.8, 4) is 0 Å². The summed E-state index contributed by atoms with van der Waals surface area (Å²) < 4.78 is 0. The van der Waals surface area contributed by atoms with Crippen LogP contribution in [0.25, 0.3) is 0 Å². The lowest BCUT2D eigenvalue weighted by atomic mass is 10.3. The lowest BCUT2D eigenvalue weighted by Crippen LogP contribution is -2.14. The van der Waals surface area contributed by atoms with E-state index in [-0.39, 0.29) is 5.69 Å². The third kappa shape index (κ3) is 1.88. The van der Waals surface area contributed by atoms with Crippen LogP contribution in [0.2, 0.25) is 0 Å². The molecule has 1 aromatic rings. The van der Waals surface area contributed by atoms with E-state index in [0.717, 1.165) is 22.0 Å². The van der Waals surface area contributed by atoms with E-state index in [2.05, 4.69) is 9.97 Å². The normalized spacial score (nSPS) is 10.2. The van der Waals surface area contributed by atoms with Crippen LogP contribution in [0, 0.1) is 13.8 Å². The highest BCUT2D eigenvalue weighted by molar-refractivity contribution is 7.99. The molecule has 1 rings (SSSR count). The van der Waals surface area contributed by atoms with Crippen molar-refractivity contribution in [2.75, 3.05) is 5.75 Å². The van der Waals surface area contributed by atoms with E-state index in [4.69, 9.17) is 0 Å². The van der Waals surface area contributed by atoms with Crippen LogP contribution in [-0.2, 0) is 0 Å². The van der Waals surface area contributed by atoms with Crippen LogP contribution >= 0.6 is 11.8 Å². The molecule has 0 fully saturated rings. The minimum absolute atomic E-state index is 0.256. The highest BCUT2D eigenvalue weighted by Crippen LogP contribution is 2.18. The zero-order valence-corrected chi connectivity index (χ0v) is 8.29. The third-order valence-electron chi connectivity index (χ3n) is 1.66. The molecule has 66 valence electrons. The maximum Gasteiger partial charge on any atom is 0.346 e. The molecule has 0 radical (unpaired) electrons. The van der Waals surface area contributed by atoms with Gasteiger partial charge in [-0.3, -0.25) is 0 Å². The first-order valence-corrected chi connectivity index (χ1v) is 4.84. The first-order chi connectivity index (χ1) is 5.65. The van der Waals surface area contributed by atoms with Crippen LogP contribution in [0.4, 0.5) is 0 Å². The Morgan fingerprint density at radius 2 is 2.17 bits per heavy atom. The van der Waals surface area contributed by atoms with E-state index in [1.54, 1.807) is 11.8 Å². The van der Waals surface area contributed by atoms with Gasteiger partial charge < -0.3 is 4.98 Å². The Labute approximate surface area is 75.6 Å². The van der Waals surface area contributed by atoms with Crippen molar-refractivity contribution < 1.29 is 0 Å². The molecule has 0 spiro atoms. The van der Waals surface area contributed by atoms with Gasteiger partial charge in [0.05, 0.1) is 0 Å². The fourth-order valence-electron chi connectivity index (χ4n) is 0.896. The van der Waals surface area contributed by atoms with E-state index in [9.17, 15) is 4.79 Å². The standard InChI is InChI=1S/C8H12N2OS/c1-4-12-7-5(2)6(3)9-8(11)10-7/h4H2,1-3H3,(H,9,10,11). The average molecular weight is 184 g/mol. The Morgan fingerprint density at radius 3 is 2.75 bits per heavy atom. The summed E-state index contributed by atoms with van der Waals surface area (Å²) >= 11 is 1.60. The number of rotatable bonds is 2. The summed E-state index contributed by atoms with van der Waals surface area (Å²) in [5.74, 6) is 0.941.